The molecule has 0 bridgehead atoms. The Labute approximate surface area is 82.3 Å². The summed E-state index contributed by atoms with van der Waals surface area (Å²) in [6, 6.07) is 4.97. The van der Waals surface area contributed by atoms with E-state index in [2.05, 4.69) is 11.8 Å². The molecule has 0 aliphatic heterocycles. The monoisotopic (exact) mass is 190 g/mol. The molecule has 0 saturated heterocycles. The van der Waals surface area contributed by atoms with Crippen molar-refractivity contribution in [2.45, 2.75) is 6.92 Å². The van der Waals surface area contributed by atoms with Gasteiger partial charge in [-0.1, -0.05) is 12.0 Å². The number of phenolic OH excluding ortho intramolecular Hbond substituents is 1. The lowest BCUT2D eigenvalue weighted by Crippen LogP contribution is -1.92. The molecule has 14 heavy (non-hydrogen) atoms. The summed E-state index contributed by atoms with van der Waals surface area (Å²) in [7, 11) is 0. The van der Waals surface area contributed by atoms with Crippen LogP contribution in [0, 0.1) is 11.8 Å². The fourth-order valence-corrected chi connectivity index (χ4v) is 1.00. The summed E-state index contributed by atoms with van der Waals surface area (Å²) < 4.78 is 5.15. The summed E-state index contributed by atoms with van der Waals surface area (Å²) in [6.07, 6.45) is 0.479. The molecular weight excluding hydrogens is 180 g/mol. The van der Waals surface area contributed by atoms with Crippen molar-refractivity contribution in [3.8, 4) is 23.3 Å². The van der Waals surface area contributed by atoms with Crippen molar-refractivity contribution in [1.29, 1.82) is 0 Å². The number of carbonyl (C=O) groups excluding carboxylic acids is 1. The number of hydrogen-bond donors (Lipinski definition) is 1. The molecule has 0 aliphatic carbocycles. The Morgan fingerprint density at radius 3 is 3.00 bits per heavy atom. The van der Waals surface area contributed by atoms with Crippen LogP contribution in [0.4, 0.5) is 0 Å². The third-order valence-corrected chi connectivity index (χ3v) is 1.56. The molecule has 0 aromatic heterocycles. The Hall–Kier alpha value is -1.95. The molecule has 0 heterocycles. The van der Waals surface area contributed by atoms with Crippen LogP contribution in [0.2, 0.25) is 0 Å². The SMILES string of the molecule is CCOc1cccc(C#CC=O)c1O. The first kappa shape index (κ1) is 10.1. The lowest BCUT2D eigenvalue weighted by Gasteiger charge is -2.05. The van der Waals surface area contributed by atoms with Gasteiger partial charge in [-0.15, -0.1) is 0 Å². The Morgan fingerprint density at radius 1 is 1.57 bits per heavy atom. The predicted molar refractivity (Wildman–Crippen MR) is 52.2 cm³/mol. The zero-order valence-corrected chi connectivity index (χ0v) is 7.78. The molecule has 0 radical (unpaired) electrons. The van der Waals surface area contributed by atoms with Gasteiger partial charge in [-0.25, -0.2) is 0 Å². The highest BCUT2D eigenvalue weighted by molar-refractivity contribution is 5.74. The van der Waals surface area contributed by atoms with Gasteiger partial charge in [0.05, 0.1) is 12.2 Å². The summed E-state index contributed by atoms with van der Waals surface area (Å²) in [5.74, 6) is 5.10. The van der Waals surface area contributed by atoms with Crippen LogP contribution in [0.3, 0.4) is 0 Å². The molecule has 0 amide bonds. The van der Waals surface area contributed by atoms with Gasteiger partial charge in [0.15, 0.2) is 17.8 Å². The molecule has 1 rings (SSSR count). The van der Waals surface area contributed by atoms with E-state index in [1.807, 2.05) is 6.92 Å². The lowest BCUT2D eigenvalue weighted by molar-refractivity contribution is -0.103. The van der Waals surface area contributed by atoms with Crippen molar-refractivity contribution >= 4 is 6.29 Å². The van der Waals surface area contributed by atoms with Crippen molar-refractivity contribution in [2.75, 3.05) is 6.61 Å². The van der Waals surface area contributed by atoms with Gasteiger partial charge in [0, 0.05) is 0 Å². The fraction of sp³-hybridized carbons (Fsp3) is 0.182. The van der Waals surface area contributed by atoms with Crippen molar-refractivity contribution in [3.63, 3.8) is 0 Å². The Kier molecular flexibility index (Phi) is 3.57. The average molecular weight is 190 g/mol. The van der Waals surface area contributed by atoms with Gasteiger partial charge >= 0.3 is 0 Å². The van der Waals surface area contributed by atoms with Crippen LogP contribution in [0.15, 0.2) is 18.2 Å². The van der Waals surface area contributed by atoms with Crippen LogP contribution in [-0.4, -0.2) is 18.0 Å². The normalized spacial score (nSPS) is 8.64. The third kappa shape index (κ3) is 2.27. The number of aldehydes is 1. The van der Waals surface area contributed by atoms with E-state index in [1.165, 1.54) is 0 Å². The second kappa shape index (κ2) is 4.93. The van der Waals surface area contributed by atoms with E-state index in [9.17, 15) is 9.90 Å². The van der Waals surface area contributed by atoms with Crippen LogP contribution < -0.4 is 4.74 Å². The second-order valence-electron chi connectivity index (χ2n) is 2.47. The van der Waals surface area contributed by atoms with Gasteiger partial charge in [-0.05, 0) is 25.0 Å². The maximum Gasteiger partial charge on any atom is 0.193 e. The largest absolute Gasteiger partial charge is 0.503 e. The Balaban J connectivity index is 3.06. The first-order valence-corrected chi connectivity index (χ1v) is 4.19. The molecule has 0 atom stereocenters. The molecule has 3 nitrogen and oxygen atoms in total. The van der Waals surface area contributed by atoms with Crippen molar-refractivity contribution in [2.24, 2.45) is 0 Å². The van der Waals surface area contributed by atoms with Gasteiger partial charge < -0.3 is 9.84 Å². The number of para-hydroxylation sites is 1. The van der Waals surface area contributed by atoms with E-state index in [-0.39, 0.29) is 5.75 Å². The fourth-order valence-electron chi connectivity index (χ4n) is 1.00. The number of rotatable bonds is 2. The molecule has 72 valence electrons. The molecule has 0 aliphatic rings. The van der Waals surface area contributed by atoms with E-state index < -0.39 is 0 Å². The number of carbonyl (C=O) groups is 1. The van der Waals surface area contributed by atoms with Crippen LogP contribution >= 0.6 is 0 Å². The minimum atomic E-state index is -0.0244. The highest BCUT2D eigenvalue weighted by Crippen LogP contribution is 2.28. The van der Waals surface area contributed by atoms with Crippen molar-refractivity contribution in [3.05, 3.63) is 23.8 Å². The molecule has 3 heteroatoms. The summed E-state index contributed by atoms with van der Waals surface area (Å²) in [5, 5.41) is 9.60. The van der Waals surface area contributed by atoms with Crippen LogP contribution in [-0.2, 0) is 4.79 Å². The molecular formula is C11H10O3. The molecule has 1 aromatic carbocycles. The van der Waals surface area contributed by atoms with Gasteiger partial charge in [0.2, 0.25) is 0 Å². The summed E-state index contributed by atoms with van der Waals surface area (Å²) in [5.41, 5.74) is 0.392. The standard InChI is InChI=1S/C11H10O3/c1-2-14-10-7-3-5-9(11(10)13)6-4-8-12/h3,5,7-8,13H,2H2,1H3. The highest BCUT2D eigenvalue weighted by Gasteiger charge is 2.04. The van der Waals surface area contributed by atoms with E-state index in [4.69, 9.17) is 4.74 Å². The smallest absolute Gasteiger partial charge is 0.193 e. The number of phenols is 1. The van der Waals surface area contributed by atoms with Gasteiger partial charge in [0.25, 0.3) is 0 Å². The zero-order valence-electron chi connectivity index (χ0n) is 7.78. The predicted octanol–water partition coefficient (Wildman–Crippen LogP) is 1.34. The number of benzene rings is 1. The van der Waals surface area contributed by atoms with Crippen molar-refractivity contribution < 1.29 is 14.6 Å². The summed E-state index contributed by atoms with van der Waals surface area (Å²) in [6.45, 7) is 2.29. The molecule has 1 N–H and O–H groups in total. The lowest BCUT2D eigenvalue weighted by atomic mass is 10.2. The minimum Gasteiger partial charge on any atom is -0.503 e. The minimum absolute atomic E-state index is 0.0244. The van der Waals surface area contributed by atoms with Crippen LogP contribution in [0.25, 0.3) is 0 Å². The Bertz CT molecular complexity index is 385. The molecule has 0 saturated carbocycles. The Morgan fingerprint density at radius 2 is 2.36 bits per heavy atom. The van der Waals surface area contributed by atoms with E-state index in [0.717, 1.165) is 0 Å². The topological polar surface area (TPSA) is 46.5 Å². The third-order valence-electron chi connectivity index (χ3n) is 1.56. The van der Waals surface area contributed by atoms with E-state index >= 15 is 0 Å². The summed E-state index contributed by atoms with van der Waals surface area (Å²) in [4.78, 5) is 10.0. The maximum atomic E-state index is 10.0. The zero-order chi connectivity index (χ0) is 10.4. The van der Waals surface area contributed by atoms with Gasteiger partial charge in [0.1, 0.15) is 0 Å². The molecule has 0 unspecified atom stereocenters. The second-order valence-corrected chi connectivity index (χ2v) is 2.47. The average Bonchev–Trinajstić information content (AvgIpc) is 2.20. The first-order chi connectivity index (χ1) is 6.79. The van der Waals surface area contributed by atoms with Crippen LogP contribution in [0.5, 0.6) is 11.5 Å². The first-order valence-electron chi connectivity index (χ1n) is 4.19. The van der Waals surface area contributed by atoms with E-state index in [1.54, 1.807) is 18.2 Å². The summed E-state index contributed by atoms with van der Waals surface area (Å²) >= 11 is 0. The van der Waals surface area contributed by atoms with E-state index in [0.29, 0.717) is 24.2 Å². The molecule has 0 spiro atoms. The van der Waals surface area contributed by atoms with Crippen LogP contribution in [0.1, 0.15) is 12.5 Å². The quantitative estimate of drug-likeness (QED) is 0.565. The maximum absolute atomic E-state index is 10.0. The molecule has 1 aromatic rings. The number of aromatic hydroxyl groups is 1. The van der Waals surface area contributed by atoms with Gasteiger partial charge in [-0.3, -0.25) is 4.79 Å². The number of ether oxygens (including phenoxy) is 1. The van der Waals surface area contributed by atoms with Crippen molar-refractivity contribution in [1.82, 2.24) is 0 Å². The molecule has 0 fully saturated rings. The number of hydrogen-bond acceptors (Lipinski definition) is 3. The highest BCUT2D eigenvalue weighted by atomic mass is 16.5. The van der Waals surface area contributed by atoms with Gasteiger partial charge in [-0.2, -0.15) is 0 Å².